The Labute approximate surface area is 104 Å². The summed E-state index contributed by atoms with van der Waals surface area (Å²) in [7, 11) is 0. The summed E-state index contributed by atoms with van der Waals surface area (Å²) in [4.78, 5) is 10.4. The number of aliphatic carboxylic acids is 1. The van der Waals surface area contributed by atoms with Crippen LogP contribution in [0.2, 0.25) is 0 Å². The second kappa shape index (κ2) is 6.03. The second-order valence-electron chi connectivity index (χ2n) is 2.82. The molecule has 0 spiro atoms. The number of nitrogens with two attached hydrogens (primary N) is 1. The summed E-state index contributed by atoms with van der Waals surface area (Å²) in [6, 6.07) is 5.42. The summed E-state index contributed by atoms with van der Waals surface area (Å²) in [6.45, 7) is 0. The van der Waals surface area contributed by atoms with Crippen molar-refractivity contribution in [1.82, 2.24) is 0 Å². The van der Waals surface area contributed by atoms with E-state index in [-0.39, 0.29) is 41.7 Å². The fourth-order valence-corrected chi connectivity index (χ4v) is 0.973. The van der Waals surface area contributed by atoms with Crippen molar-refractivity contribution in [3.8, 4) is 5.75 Å². The molecule has 0 aliphatic heterocycles. The number of rotatable bonds is 3. The van der Waals surface area contributed by atoms with E-state index < -0.39 is 12.0 Å². The van der Waals surface area contributed by atoms with Gasteiger partial charge in [-0.15, -0.1) is 0 Å². The molecule has 1 aromatic rings. The third-order valence-corrected chi connectivity index (χ3v) is 1.71. The molecule has 1 aromatic carbocycles. The molecule has 1 unspecified atom stereocenters. The van der Waals surface area contributed by atoms with Crippen LogP contribution in [0.25, 0.3) is 0 Å². The second-order valence-corrected chi connectivity index (χ2v) is 2.82. The van der Waals surface area contributed by atoms with Gasteiger partial charge < -0.3 is 15.9 Å². The van der Waals surface area contributed by atoms with Crippen molar-refractivity contribution in [2.75, 3.05) is 0 Å². The van der Waals surface area contributed by atoms with Gasteiger partial charge in [-0.05, 0) is 24.1 Å². The van der Waals surface area contributed by atoms with Crippen LogP contribution >= 0.6 is 0 Å². The van der Waals surface area contributed by atoms with Crippen LogP contribution in [0, 0.1) is 0 Å². The van der Waals surface area contributed by atoms with Crippen LogP contribution in [0.15, 0.2) is 24.3 Å². The molecule has 4 nitrogen and oxygen atoms in total. The molecule has 4 N–H and O–H groups in total. The number of phenols is 1. The zero-order valence-electron chi connectivity index (χ0n) is 6.97. The predicted octanol–water partition coefficient (Wildman–Crippen LogP) is -0.302. The van der Waals surface area contributed by atoms with E-state index in [1.54, 1.807) is 12.1 Å². The third-order valence-electron chi connectivity index (χ3n) is 1.71. The molecule has 0 aliphatic rings. The first-order valence-electron chi connectivity index (χ1n) is 3.86. The maximum absolute atomic E-state index is 10.4. The molecule has 1 atom stereocenters. The Balaban J connectivity index is 0.00000169. The van der Waals surface area contributed by atoms with Gasteiger partial charge in [-0.1, -0.05) is 12.1 Å². The van der Waals surface area contributed by atoms with Crippen molar-refractivity contribution >= 4 is 35.5 Å². The van der Waals surface area contributed by atoms with Gasteiger partial charge in [0.15, 0.2) is 0 Å². The van der Waals surface area contributed by atoms with Gasteiger partial charge in [0.1, 0.15) is 11.8 Å². The first kappa shape index (κ1) is 13.4. The van der Waals surface area contributed by atoms with Crippen molar-refractivity contribution in [1.29, 1.82) is 0 Å². The van der Waals surface area contributed by atoms with E-state index in [0.717, 1.165) is 5.56 Å². The van der Waals surface area contributed by atoms with E-state index in [0.29, 0.717) is 0 Å². The van der Waals surface area contributed by atoms with Crippen LogP contribution in [0.4, 0.5) is 0 Å². The number of carboxylic acid groups (broad SMARTS) is 1. The van der Waals surface area contributed by atoms with Crippen molar-refractivity contribution < 1.29 is 15.0 Å². The average Bonchev–Trinajstić information content (AvgIpc) is 2.08. The third kappa shape index (κ3) is 4.11. The number of phenolic OH excluding ortho intramolecular Hbond substituents is 1. The standard InChI is InChI=1S/C9H11NO3.Na.H/c10-8(9(12)13)5-6-1-3-7(11)4-2-6;;/h1-4,8,11H,5,10H2,(H,12,13);;. The number of benzene rings is 1. The summed E-state index contributed by atoms with van der Waals surface area (Å²) >= 11 is 0. The Kier molecular flexibility index (Phi) is 5.79. The van der Waals surface area contributed by atoms with E-state index >= 15 is 0 Å². The Morgan fingerprint density at radius 1 is 1.36 bits per heavy atom. The van der Waals surface area contributed by atoms with Crippen molar-refractivity contribution in [3.63, 3.8) is 0 Å². The zero-order valence-corrected chi connectivity index (χ0v) is 6.97. The van der Waals surface area contributed by atoms with Crippen LogP contribution in [-0.4, -0.2) is 51.8 Å². The maximum atomic E-state index is 10.4. The molecule has 0 amide bonds. The van der Waals surface area contributed by atoms with Crippen LogP contribution in [0.3, 0.4) is 0 Å². The molecule has 0 bridgehead atoms. The van der Waals surface area contributed by atoms with Crippen LogP contribution in [0.1, 0.15) is 5.56 Å². The van der Waals surface area contributed by atoms with Gasteiger partial charge in [0.05, 0.1) is 0 Å². The van der Waals surface area contributed by atoms with E-state index in [9.17, 15) is 4.79 Å². The van der Waals surface area contributed by atoms with E-state index in [1.807, 2.05) is 0 Å². The van der Waals surface area contributed by atoms with Crippen LogP contribution in [0.5, 0.6) is 5.75 Å². The van der Waals surface area contributed by atoms with Crippen LogP contribution < -0.4 is 5.73 Å². The molecule has 0 radical (unpaired) electrons. The number of carboxylic acids is 1. The zero-order chi connectivity index (χ0) is 9.84. The van der Waals surface area contributed by atoms with Crippen molar-refractivity contribution in [2.24, 2.45) is 5.73 Å². The van der Waals surface area contributed by atoms with Crippen LogP contribution in [-0.2, 0) is 11.2 Å². The molecular formula is C9H12NNaO3. The normalized spacial score (nSPS) is 11.5. The topological polar surface area (TPSA) is 83.5 Å². The summed E-state index contributed by atoms with van der Waals surface area (Å²) in [5, 5.41) is 17.5. The number of aromatic hydroxyl groups is 1. The molecule has 0 heterocycles. The molecule has 72 valence electrons. The molecule has 0 saturated heterocycles. The monoisotopic (exact) mass is 205 g/mol. The molecule has 5 heteroatoms. The molecule has 0 aliphatic carbocycles. The van der Waals surface area contributed by atoms with Crippen molar-refractivity contribution in [3.05, 3.63) is 29.8 Å². The van der Waals surface area contributed by atoms with E-state index in [4.69, 9.17) is 15.9 Å². The van der Waals surface area contributed by atoms with Crippen molar-refractivity contribution in [2.45, 2.75) is 12.5 Å². The van der Waals surface area contributed by atoms with Gasteiger partial charge in [-0.25, -0.2) is 0 Å². The van der Waals surface area contributed by atoms with Gasteiger partial charge in [0.2, 0.25) is 0 Å². The number of hydrogen-bond acceptors (Lipinski definition) is 3. The summed E-state index contributed by atoms with van der Waals surface area (Å²) in [5.74, 6) is -0.860. The van der Waals surface area contributed by atoms with Gasteiger partial charge in [0, 0.05) is 0 Å². The minimum atomic E-state index is -1.02. The molecule has 0 aromatic heterocycles. The van der Waals surface area contributed by atoms with Gasteiger partial charge >= 0.3 is 35.5 Å². The van der Waals surface area contributed by atoms with Gasteiger partial charge in [-0.2, -0.15) is 0 Å². The Bertz CT molecular complexity index is 299. The number of hydrogen-bond donors (Lipinski definition) is 3. The predicted molar refractivity (Wildman–Crippen MR) is 54.6 cm³/mol. The van der Waals surface area contributed by atoms with E-state index in [2.05, 4.69) is 0 Å². The average molecular weight is 205 g/mol. The van der Waals surface area contributed by atoms with Gasteiger partial charge in [0.25, 0.3) is 0 Å². The fraction of sp³-hybridized carbons (Fsp3) is 0.222. The SMILES string of the molecule is NC(Cc1ccc(O)cc1)C(=O)O.[NaH]. The Morgan fingerprint density at radius 3 is 2.29 bits per heavy atom. The summed E-state index contributed by atoms with van der Waals surface area (Å²) in [6.07, 6.45) is 0.273. The fourth-order valence-electron chi connectivity index (χ4n) is 0.973. The molecule has 14 heavy (non-hydrogen) atoms. The minimum absolute atomic E-state index is 0. The molecule has 0 fully saturated rings. The molecule has 0 saturated carbocycles. The first-order chi connectivity index (χ1) is 6.09. The molecular weight excluding hydrogens is 193 g/mol. The summed E-state index contributed by atoms with van der Waals surface area (Å²) < 4.78 is 0. The summed E-state index contributed by atoms with van der Waals surface area (Å²) in [5.41, 5.74) is 6.12. The first-order valence-corrected chi connectivity index (χ1v) is 3.86. The number of carbonyl (C=O) groups is 1. The van der Waals surface area contributed by atoms with E-state index in [1.165, 1.54) is 12.1 Å². The Hall–Kier alpha value is -0.550. The Morgan fingerprint density at radius 2 is 1.86 bits per heavy atom. The quantitative estimate of drug-likeness (QED) is 0.591. The van der Waals surface area contributed by atoms with Gasteiger partial charge in [-0.3, -0.25) is 4.79 Å². The molecule has 1 rings (SSSR count).